The van der Waals surface area contributed by atoms with Crippen LogP contribution in [-0.4, -0.2) is 54.3 Å². The maximum absolute atomic E-state index is 13.3. The SMILES string of the molecule is COc1ccc(S(=O)(=O)N(CC(=O)N(Cc2cccn2C)C2CC2)CC(C)C)cc1. The maximum atomic E-state index is 13.3. The minimum absolute atomic E-state index is 0.0908. The number of carbonyl (C=O) groups is 1. The minimum Gasteiger partial charge on any atom is -0.497 e. The van der Waals surface area contributed by atoms with Gasteiger partial charge in [0, 0.05) is 31.5 Å². The molecule has 0 unspecified atom stereocenters. The zero-order valence-corrected chi connectivity index (χ0v) is 18.9. The Labute approximate surface area is 179 Å². The zero-order chi connectivity index (χ0) is 21.9. The standard InChI is InChI=1S/C22H31N3O4S/c1-17(2)14-24(30(27,28)21-11-9-20(29-4)10-12-21)16-22(26)25(18-7-8-18)15-19-6-5-13-23(19)3/h5-6,9-13,17-18H,7-8,14-16H2,1-4H3. The van der Waals surface area contributed by atoms with E-state index in [1.54, 1.807) is 12.1 Å². The number of carbonyl (C=O) groups excluding carboxylic acids is 1. The van der Waals surface area contributed by atoms with Crippen molar-refractivity contribution in [1.82, 2.24) is 13.8 Å². The minimum atomic E-state index is -3.80. The summed E-state index contributed by atoms with van der Waals surface area (Å²) in [5, 5.41) is 0. The number of sulfonamides is 1. The molecule has 1 saturated carbocycles. The predicted octanol–water partition coefficient (Wildman–Crippen LogP) is 2.87. The highest BCUT2D eigenvalue weighted by Gasteiger charge is 2.36. The summed E-state index contributed by atoms with van der Waals surface area (Å²) < 4.78 is 35.0. The molecule has 1 amide bonds. The number of amides is 1. The first-order valence-electron chi connectivity index (χ1n) is 10.3. The summed E-state index contributed by atoms with van der Waals surface area (Å²) >= 11 is 0. The number of rotatable bonds is 10. The molecule has 0 aliphatic heterocycles. The Morgan fingerprint density at radius 2 is 1.87 bits per heavy atom. The molecule has 164 valence electrons. The first kappa shape index (κ1) is 22.4. The van der Waals surface area contributed by atoms with Crippen LogP contribution < -0.4 is 4.74 Å². The number of methoxy groups -OCH3 is 1. The number of hydrogen-bond donors (Lipinski definition) is 0. The fourth-order valence-corrected chi connectivity index (χ4v) is 4.99. The van der Waals surface area contributed by atoms with Crippen LogP contribution in [0.3, 0.4) is 0 Å². The summed E-state index contributed by atoms with van der Waals surface area (Å²) in [4.78, 5) is 15.2. The molecule has 7 nitrogen and oxygen atoms in total. The van der Waals surface area contributed by atoms with E-state index in [4.69, 9.17) is 4.74 Å². The van der Waals surface area contributed by atoms with E-state index < -0.39 is 10.0 Å². The molecule has 3 rings (SSSR count). The molecule has 8 heteroatoms. The number of nitrogens with zero attached hydrogens (tertiary/aromatic N) is 3. The second-order valence-electron chi connectivity index (χ2n) is 8.23. The van der Waals surface area contributed by atoms with Crippen LogP contribution >= 0.6 is 0 Å². The monoisotopic (exact) mass is 433 g/mol. The van der Waals surface area contributed by atoms with Gasteiger partial charge in [0.1, 0.15) is 5.75 Å². The Morgan fingerprint density at radius 1 is 1.20 bits per heavy atom. The smallest absolute Gasteiger partial charge is 0.243 e. The molecule has 1 aromatic heterocycles. The van der Waals surface area contributed by atoms with Crippen molar-refractivity contribution in [3.8, 4) is 5.75 Å². The van der Waals surface area contributed by atoms with Crippen LogP contribution in [0.4, 0.5) is 0 Å². The summed E-state index contributed by atoms with van der Waals surface area (Å²) in [5.74, 6) is 0.521. The van der Waals surface area contributed by atoms with Gasteiger partial charge in [-0.05, 0) is 55.2 Å². The van der Waals surface area contributed by atoms with E-state index in [-0.39, 0.29) is 35.9 Å². The van der Waals surface area contributed by atoms with E-state index in [2.05, 4.69) is 0 Å². The van der Waals surface area contributed by atoms with Crippen LogP contribution in [0.5, 0.6) is 5.75 Å². The average Bonchev–Trinajstić information content (AvgIpc) is 3.47. The molecule has 1 aliphatic rings. The van der Waals surface area contributed by atoms with Gasteiger partial charge in [-0.2, -0.15) is 4.31 Å². The molecule has 1 aromatic carbocycles. The third kappa shape index (κ3) is 5.23. The predicted molar refractivity (Wildman–Crippen MR) is 116 cm³/mol. The van der Waals surface area contributed by atoms with Gasteiger partial charge in [-0.3, -0.25) is 4.79 Å². The molecular weight excluding hydrogens is 402 g/mol. The van der Waals surface area contributed by atoms with Crippen molar-refractivity contribution in [1.29, 1.82) is 0 Å². The van der Waals surface area contributed by atoms with E-state index in [0.717, 1.165) is 18.5 Å². The van der Waals surface area contributed by atoms with Crippen LogP contribution in [0.1, 0.15) is 32.4 Å². The number of ether oxygens (including phenoxy) is 1. The average molecular weight is 434 g/mol. The van der Waals surface area contributed by atoms with Gasteiger partial charge in [0.05, 0.1) is 25.1 Å². The summed E-state index contributed by atoms with van der Waals surface area (Å²) in [7, 11) is -0.317. The Balaban J connectivity index is 1.81. The second kappa shape index (κ2) is 9.22. The molecule has 0 saturated heterocycles. The van der Waals surface area contributed by atoms with E-state index in [9.17, 15) is 13.2 Å². The molecule has 30 heavy (non-hydrogen) atoms. The van der Waals surface area contributed by atoms with Gasteiger partial charge in [-0.1, -0.05) is 13.8 Å². The quantitative estimate of drug-likeness (QED) is 0.578. The zero-order valence-electron chi connectivity index (χ0n) is 18.1. The lowest BCUT2D eigenvalue weighted by molar-refractivity contribution is -0.132. The van der Waals surface area contributed by atoms with Crippen molar-refractivity contribution in [2.75, 3.05) is 20.2 Å². The van der Waals surface area contributed by atoms with Crippen LogP contribution in [0, 0.1) is 5.92 Å². The van der Waals surface area contributed by atoms with Crippen LogP contribution in [0.25, 0.3) is 0 Å². The van der Waals surface area contributed by atoms with Crippen molar-refractivity contribution >= 4 is 15.9 Å². The van der Waals surface area contributed by atoms with E-state index in [1.165, 1.54) is 23.5 Å². The third-order valence-electron chi connectivity index (χ3n) is 5.27. The molecule has 0 bridgehead atoms. The summed E-state index contributed by atoms with van der Waals surface area (Å²) in [6.07, 6.45) is 3.88. The Morgan fingerprint density at radius 3 is 2.37 bits per heavy atom. The largest absolute Gasteiger partial charge is 0.497 e. The lowest BCUT2D eigenvalue weighted by Gasteiger charge is -2.28. The van der Waals surface area contributed by atoms with Crippen molar-refractivity contribution < 1.29 is 17.9 Å². The van der Waals surface area contributed by atoms with Crippen molar-refractivity contribution in [2.45, 2.75) is 44.2 Å². The second-order valence-corrected chi connectivity index (χ2v) is 10.2. The van der Waals surface area contributed by atoms with Crippen LogP contribution in [-0.2, 0) is 28.4 Å². The first-order valence-corrected chi connectivity index (χ1v) is 11.7. The summed E-state index contributed by atoms with van der Waals surface area (Å²) in [6.45, 7) is 4.51. The summed E-state index contributed by atoms with van der Waals surface area (Å²) in [6, 6.07) is 10.4. The van der Waals surface area contributed by atoms with E-state index in [1.807, 2.05) is 48.7 Å². The first-order chi connectivity index (χ1) is 14.2. The van der Waals surface area contributed by atoms with Gasteiger partial charge in [0.2, 0.25) is 15.9 Å². The van der Waals surface area contributed by atoms with Gasteiger partial charge in [-0.15, -0.1) is 0 Å². The van der Waals surface area contributed by atoms with Crippen molar-refractivity contribution in [2.24, 2.45) is 13.0 Å². The third-order valence-corrected chi connectivity index (χ3v) is 7.10. The molecule has 2 aromatic rings. The number of hydrogen-bond acceptors (Lipinski definition) is 4. The lowest BCUT2D eigenvalue weighted by atomic mass is 10.2. The molecule has 0 N–H and O–H groups in total. The molecule has 1 heterocycles. The van der Waals surface area contributed by atoms with Gasteiger partial charge in [-0.25, -0.2) is 8.42 Å². The summed E-state index contributed by atoms with van der Waals surface area (Å²) in [5.41, 5.74) is 1.03. The maximum Gasteiger partial charge on any atom is 0.243 e. The Bertz CT molecular complexity index is 963. The Kier molecular flexibility index (Phi) is 6.88. The highest BCUT2D eigenvalue weighted by atomic mass is 32.2. The number of benzene rings is 1. The van der Waals surface area contributed by atoms with Crippen molar-refractivity contribution in [3.63, 3.8) is 0 Å². The lowest BCUT2D eigenvalue weighted by Crippen LogP contribution is -2.44. The molecule has 1 aliphatic carbocycles. The van der Waals surface area contributed by atoms with Gasteiger partial charge < -0.3 is 14.2 Å². The Hall–Kier alpha value is -2.32. The van der Waals surface area contributed by atoms with Crippen LogP contribution in [0.15, 0.2) is 47.5 Å². The molecule has 0 radical (unpaired) electrons. The fourth-order valence-electron chi connectivity index (χ4n) is 3.44. The van der Waals surface area contributed by atoms with Gasteiger partial charge in [0.25, 0.3) is 0 Å². The fraction of sp³-hybridized carbons (Fsp3) is 0.500. The molecule has 0 spiro atoms. The van der Waals surface area contributed by atoms with Gasteiger partial charge >= 0.3 is 0 Å². The van der Waals surface area contributed by atoms with Crippen molar-refractivity contribution in [3.05, 3.63) is 48.3 Å². The molecular formula is C22H31N3O4S. The number of aromatic nitrogens is 1. The highest BCUT2D eigenvalue weighted by molar-refractivity contribution is 7.89. The normalized spacial score (nSPS) is 14.3. The van der Waals surface area contributed by atoms with Crippen LogP contribution in [0.2, 0.25) is 0 Å². The molecule has 0 atom stereocenters. The number of aryl methyl sites for hydroxylation is 1. The van der Waals surface area contributed by atoms with E-state index in [0.29, 0.717) is 12.3 Å². The van der Waals surface area contributed by atoms with E-state index >= 15 is 0 Å². The topological polar surface area (TPSA) is 71.8 Å². The van der Waals surface area contributed by atoms with Gasteiger partial charge in [0.15, 0.2) is 0 Å². The molecule has 1 fully saturated rings. The highest BCUT2D eigenvalue weighted by Crippen LogP contribution is 2.29.